The van der Waals surface area contributed by atoms with Gasteiger partial charge in [-0.05, 0) is 12.1 Å². The predicted molar refractivity (Wildman–Crippen MR) is 71.8 cm³/mol. The molecule has 20 heavy (non-hydrogen) atoms. The van der Waals surface area contributed by atoms with Gasteiger partial charge in [0.25, 0.3) is 0 Å². The fourth-order valence-corrected chi connectivity index (χ4v) is 1.50. The number of benzene rings is 1. The molecule has 0 saturated heterocycles. The van der Waals surface area contributed by atoms with Crippen molar-refractivity contribution in [2.45, 2.75) is 12.8 Å². The number of imide groups is 1. The number of hydrogen-bond donors (Lipinski definition) is 2. The van der Waals surface area contributed by atoms with Gasteiger partial charge in [0.05, 0.1) is 19.2 Å². The normalized spacial score (nSPS) is 9.70. The van der Waals surface area contributed by atoms with Crippen molar-refractivity contribution in [1.29, 1.82) is 0 Å². The molecule has 1 aromatic rings. The van der Waals surface area contributed by atoms with Gasteiger partial charge in [-0.25, -0.2) is 4.79 Å². The van der Waals surface area contributed by atoms with Crippen molar-refractivity contribution in [2.75, 3.05) is 19.1 Å². The number of methoxy groups -OCH3 is 1. The summed E-state index contributed by atoms with van der Waals surface area (Å²) in [5, 5.41) is 10.6. The zero-order chi connectivity index (χ0) is 15.1. The average Bonchev–Trinajstić information content (AvgIpc) is 2.44. The molecule has 0 saturated carbocycles. The zero-order valence-electron chi connectivity index (χ0n) is 11.3. The smallest absolute Gasteiger partial charge is 0.328 e. The van der Waals surface area contributed by atoms with E-state index in [4.69, 9.17) is 9.84 Å². The standard InChI is InChI=1S/C13H16N2O5/c1-15(9-5-3-4-6-10(9)20-2)13(19)14-11(16)7-8-12(17)18/h3-6H,7-8H2,1-2H3,(H,17,18)(H,14,16,19). The highest BCUT2D eigenvalue weighted by Gasteiger charge is 2.17. The van der Waals surface area contributed by atoms with E-state index < -0.39 is 17.9 Å². The molecule has 0 aliphatic rings. The summed E-state index contributed by atoms with van der Waals surface area (Å²) in [5.41, 5.74) is 0.499. The van der Waals surface area contributed by atoms with Crippen molar-refractivity contribution < 1.29 is 24.2 Å². The third-order valence-corrected chi connectivity index (χ3v) is 2.56. The Kier molecular flexibility index (Phi) is 5.52. The van der Waals surface area contributed by atoms with E-state index in [0.29, 0.717) is 11.4 Å². The summed E-state index contributed by atoms with van der Waals surface area (Å²) in [7, 11) is 2.96. The number of nitrogens with one attached hydrogen (secondary N) is 1. The molecule has 0 aliphatic heterocycles. The van der Waals surface area contributed by atoms with Crippen molar-refractivity contribution in [3.63, 3.8) is 0 Å². The number of nitrogens with zero attached hydrogens (tertiary/aromatic N) is 1. The first-order chi connectivity index (χ1) is 9.45. The van der Waals surface area contributed by atoms with Crippen molar-refractivity contribution in [1.82, 2.24) is 5.32 Å². The number of aliphatic carboxylic acids is 1. The predicted octanol–water partition coefficient (Wildman–Crippen LogP) is 1.23. The lowest BCUT2D eigenvalue weighted by molar-refractivity contribution is -0.138. The van der Waals surface area contributed by atoms with Crippen molar-refractivity contribution in [2.24, 2.45) is 0 Å². The number of hydrogen-bond acceptors (Lipinski definition) is 4. The first-order valence-electron chi connectivity index (χ1n) is 5.88. The average molecular weight is 280 g/mol. The minimum absolute atomic E-state index is 0.249. The number of anilines is 1. The Labute approximate surface area is 116 Å². The molecule has 0 spiro atoms. The summed E-state index contributed by atoms with van der Waals surface area (Å²) in [6.07, 6.45) is -0.571. The van der Waals surface area contributed by atoms with Crippen molar-refractivity contribution >= 4 is 23.6 Å². The van der Waals surface area contributed by atoms with Crippen LogP contribution in [0.1, 0.15) is 12.8 Å². The van der Waals surface area contributed by atoms with Gasteiger partial charge in [-0.1, -0.05) is 12.1 Å². The highest BCUT2D eigenvalue weighted by atomic mass is 16.5. The number of ether oxygens (including phenoxy) is 1. The van der Waals surface area contributed by atoms with Gasteiger partial charge in [0.1, 0.15) is 5.75 Å². The van der Waals surface area contributed by atoms with E-state index in [1.165, 1.54) is 19.1 Å². The summed E-state index contributed by atoms with van der Waals surface area (Å²) in [6, 6.07) is 6.19. The van der Waals surface area contributed by atoms with Crippen LogP contribution in [0, 0.1) is 0 Å². The van der Waals surface area contributed by atoms with Gasteiger partial charge in [-0.15, -0.1) is 0 Å². The van der Waals surface area contributed by atoms with Crippen LogP contribution in [0.3, 0.4) is 0 Å². The summed E-state index contributed by atoms with van der Waals surface area (Å²) in [6.45, 7) is 0. The maximum atomic E-state index is 11.9. The first kappa shape index (κ1) is 15.5. The molecule has 0 fully saturated rings. The molecule has 7 heteroatoms. The summed E-state index contributed by atoms with van der Waals surface area (Å²) < 4.78 is 5.12. The molecule has 0 bridgehead atoms. The lowest BCUT2D eigenvalue weighted by atomic mass is 10.2. The summed E-state index contributed by atoms with van der Waals surface area (Å²) in [5.74, 6) is -1.24. The Bertz CT molecular complexity index is 515. The molecule has 0 radical (unpaired) electrons. The lowest BCUT2D eigenvalue weighted by Gasteiger charge is -2.19. The summed E-state index contributed by atoms with van der Waals surface area (Å²) >= 11 is 0. The highest BCUT2D eigenvalue weighted by molar-refractivity contribution is 6.03. The van der Waals surface area contributed by atoms with E-state index in [-0.39, 0.29) is 12.8 Å². The molecule has 0 atom stereocenters. The zero-order valence-corrected chi connectivity index (χ0v) is 11.3. The van der Waals surface area contributed by atoms with E-state index in [2.05, 4.69) is 5.32 Å². The van der Waals surface area contributed by atoms with Crippen LogP contribution >= 0.6 is 0 Å². The topological polar surface area (TPSA) is 95.9 Å². The first-order valence-corrected chi connectivity index (χ1v) is 5.88. The lowest BCUT2D eigenvalue weighted by Crippen LogP contribution is -2.41. The molecule has 2 N–H and O–H groups in total. The molecule has 0 aliphatic carbocycles. The maximum Gasteiger partial charge on any atom is 0.328 e. The van der Waals surface area contributed by atoms with Crippen LogP contribution in [0.15, 0.2) is 24.3 Å². The Balaban J connectivity index is 2.67. The summed E-state index contributed by atoms with van der Waals surface area (Å²) in [4.78, 5) is 34.8. The molecule has 0 aromatic heterocycles. The molecule has 1 rings (SSSR count). The second-order valence-corrected chi connectivity index (χ2v) is 3.98. The second kappa shape index (κ2) is 7.13. The molecule has 0 unspecified atom stereocenters. The fourth-order valence-electron chi connectivity index (χ4n) is 1.50. The number of amides is 3. The molecule has 3 amide bonds. The van der Waals surface area contributed by atoms with E-state index in [1.54, 1.807) is 24.3 Å². The molecular weight excluding hydrogens is 264 g/mol. The van der Waals surface area contributed by atoms with Crippen LogP contribution < -0.4 is 15.0 Å². The van der Waals surface area contributed by atoms with Crippen molar-refractivity contribution in [3.05, 3.63) is 24.3 Å². The Morgan fingerprint density at radius 2 is 1.90 bits per heavy atom. The van der Waals surface area contributed by atoms with Gasteiger partial charge in [0, 0.05) is 13.5 Å². The SMILES string of the molecule is COc1ccccc1N(C)C(=O)NC(=O)CCC(=O)O. The third kappa shape index (κ3) is 4.27. The largest absolute Gasteiger partial charge is 0.495 e. The van der Waals surface area contributed by atoms with Crippen LogP contribution in [0.25, 0.3) is 0 Å². The van der Waals surface area contributed by atoms with E-state index >= 15 is 0 Å². The molecule has 1 aromatic carbocycles. The Morgan fingerprint density at radius 3 is 2.50 bits per heavy atom. The van der Waals surface area contributed by atoms with Crippen LogP contribution in [-0.2, 0) is 9.59 Å². The number of rotatable bonds is 5. The fraction of sp³-hybridized carbons (Fsp3) is 0.308. The quantitative estimate of drug-likeness (QED) is 0.845. The van der Waals surface area contributed by atoms with Crippen molar-refractivity contribution in [3.8, 4) is 5.75 Å². The number of carbonyl (C=O) groups excluding carboxylic acids is 2. The Morgan fingerprint density at radius 1 is 1.25 bits per heavy atom. The monoisotopic (exact) mass is 280 g/mol. The van der Waals surface area contributed by atoms with E-state index in [0.717, 1.165) is 0 Å². The van der Waals surface area contributed by atoms with Crippen LogP contribution in [0.4, 0.5) is 10.5 Å². The number of carboxylic acid groups (broad SMARTS) is 1. The van der Waals surface area contributed by atoms with Gasteiger partial charge in [-0.2, -0.15) is 0 Å². The van der Waals surface area contributed by atoms with Gasteiger partial charge >= 0.3 is 12.0 Å². The van der Waals surface area contributed by atoms with E-state index in [1.807, 2.05) is 0 Å². The maximum absolute atomic E-state index is 11.9. The number of urea groups is 1. The molecule has 108 valence electrons. The van der Waals surface area contributed by atoms with Gasteiger partial charge in [0.15, 0.2) is 0 Å². The third-order valence-electron chi connectivity index (χ3n) is 2.56. The van der Waals surface area contributed by atoms with Gasteiger partial charge < -0.3 is 9.84 Å². The minimum atomic E-state index is -1.09. The number of carboxylic acids is 1. The van der Waals surface area contributed by atoms with Gasteiger partial charge in [0.2, 0.25) is 5.91 Å². The molecule has 0 heterocycles. The number of para-hydroxylation sites is 2. The van der Waals surface area contributed by atoms with E-state index in [9.17, 15) is 14.4 Å². The van der Waals surface area contributed by atoms with Gasteiger partial charge in [-0.3, -0.25) is 19.8 Å². The molecule has 7 nitrogen and oxygen atoms in total. The van der Waals surface area contributed by atoms with Crippen LogP contribution in [0.5, 0.6) is 5.75 Å². The Hall–Kier alpha value is -2.57. The molecular formula is C13H16N2O5. The van der Waals surface area contributed by atoms with Crippen LogP contribution in [0.2, 0.25) is 0 Å². The number of carbonyl (C=O) groups is 3. The minimum Gasteiger partial charge on any atom is -0.495 e. The highest BCUT2D eigenvalue weighted by Crippen LogP contribution is 2.26. The van der Waals surface area contributed by atoms with Crippen LogP contribution in [-0.4, -0.2) is 37.2 Å². The second-order valence-electron chi connectivity index (χ2n) is 3.98.